The number of nitrogens with one attached hydrogen (secondary N) is 1. The molecule has 2 rings (SSSR count). The smallest absolute Gasteiger partial charge is 0.264 e. The number of nitrogen functional groups attached to an aromatic ring is 1. The molecule has 0 saturated heterocycles. The fraction of sp³-hybridized carbons (Fsp3) is 0.0769. The Bertz CT molecular complexity index is 685. The van der Waals surface area contributed by atoms with Gasteiger partial charge in [0.25, 0.3) is 10.0 Å². The number of sulfonamides is 1. The Balaban J connectivity index is 2.35. The molecule has 0 aliphatic heterocycles. The number of anilines is 2. The van der Waals surface area contributed by atoms with Crippen LogP contribution in [0.1, 0.15) is 0 Å². The minimum Gasteiger partial charge on any atom is -0.324 e. The van der Waals surface area contributed by atoms with E-state index in [0.29, 0.717) is 11.4 Å². The summed E-state index contributed by atoms with van der Waals surface area (Å²) in [6.07, 6.45) is 0. The molecule has 0 fully saturated rings. The van der Waals surface area contributed by atoms with Gasteiger partial charge in [0, 0.05) is 12.7 Å². The van der Waals surface area contributed by atoms with Crippen LogP contribution in [0.3, 0.4) is 0 Å². The number of nitrogens with two attached hydrogens (primary N) is 1. The molecule has 20 heavy (non-hydrogen) atoms. The first-order valence-electron chi connectivity index (χ1n) is 5.76. The highest BCUT2D eigenvalue weighted by atomic mass is 32.2. The number of benzene rings is 2. The molecule has 3 N–H and O–H groups in total. The van der Waals surface area contributed by atoms with Crippen molar-refractivity contribution in [2.75, 3.05) is 16.8 Å². The lowest BCUT2D eigenvalue weighted by atomic mass is 10.3. The van der Waals surface area contributed by atoms with E-state index in [0.717, 1.165) is 4.31 Å². The Hall–Kier alpha value is -2.12. The molecule has 0 bridgehead atoms. The molecule has 0 aliphatic carbocycles. The van der Waals surface area contributed by atoms with Gasteiger partial charge in [-0.25, -0.2) is 12.8 Å². The number of hydrogen-bond acceptors (Lipinski definition) is 4. The second kappa shape index (κ2) is 5.48. The van der Waals surface area contributed by atoms with Crippen molar-refractivity contribution in [2.45, 2.75) is 4.90 Å². The van der Waals surface area contributed by atoms with E-state index < -0.39 is 15.8 Å². The number of halogens is 1. The first-order valence-corrected chi connectivity index (χ1v) is 7.20. The van der Waals surface area contributed by atoms with E-state index in [4.69, 9.17) is 5.84 Å². The molecular formula is C13H14FN3O2S. The lowest BCUT2D eigenvalue weighted by Gasteiger charge is -2.19. The minimum absolute atomic E-state index is 0.128. The summed E-state index contributed by atoms with van der Waals surface area (Å²) in [4.78, 5) is 0.128. The summed E-state index contributed by atoms with van der Waals surface area (Å²) in [6.45, 7) is 0. The molecule has 0 heterocycles. The molecule has 0 aliphatic rings. The van der Waals surface area contributed by atoms with Crippen molar-refractivity contribution >= 4 is 21.4 Å². The third-order valence-electron chi connectivity index (χ3n) is 2.87. The van der Waals surface area contributed by atoms with Crippen molar-refractivity contribution in [3.05, 3.63) is 54.3 Å². The summed E-state index contributed by atoms with van der Waals surface area (Å²) >= 11 is 0. The highest BCUT2D eigenvalue weighted by molar-refractivity contribution is 7.92. The Morgan fingerprint density at radius 1 is 1.05 bits per heavy atom. The van der Waals surface area contributed by atoms with E-state index in [1.54, 1.807) is 12.1 Å². The molecule has 2 aromatic carbocycles. The van der Waals surface area contributed by atoms with Gasteiger partial charge in [0.15, 0.2) is 0 Å². The second-order valence-corrected chi connectivity index (χ2v) is 6.09. The van der Waals surface area contributed by atoms with Crippen LogP contribution in [0.4, 0.5) is 15.8 Å². The Morgan fingerprint density at radius 3 is 2.10 bits per heavy atom. The van der Waals surface area contributed by atoms with Crippen LogP contribution in [0.2, 0.25) is 0 Å². The number of hydrazine groups is 1. The lowest BCUT2D eigenvalue weighted by molar-refractivity contribution is 0.594. The van der Waals surface area contributed by atoms with Gasteiger partial charge in [-0.15, -0.1) is 0 Å². The maximum atomic E-state index is 12.9. The van der Waals surface area contributed by atoms with E-state index in [2.05, 4.69) is 5.43 Å². The quantitative estimate of drug-likeness (QED) is 0.667. The van der Waals surface area contributed by atoms with Crippen molar-refractivity contribution in [3.8, 4) is 0 Å². The average molecular weight is 295 g/mol. The third kappa shape index (κ3) is 2.73. The largest absolute Gasteiger partial charge is 0.324 e. The molecule has 0 unspecified atom stereocenters. The highest BCUT2D eigenvalue weighted by Gasteiger charge is 2.21. The zero-order chi connectivity index (χ0) is 14.8. The number of nitrogens with zero attached hydrogens (tertiary/aromatic N) is 1. The van der Waals surface area contributed by atoms with E-state index in [9.17, 15) is 12.8 Å². The molecular weight excluding hydrogens is 281 g/mol. The molecule has 0 radical (unpaired) electrons. The second-order valence-electron chi connectivity index (χ2n) is 4.12. The Labute approximate surface area is 116 Å². The van der Waals surface area contributed by atoms with Crippen molar-refractivity contribution < 1.29 is 12.8 Å². The Morgan fingerprint density at radius 2 is 1.60 bits per heavy atom. The van der Waals surface area contributed by atoms with Gasteiger partial charge in [0.1, 0.15) is 5.82 Å². The summed E-state index contributed by atoms with van der Waals surface area (Å²) in [6, 6.07) is 11.3. The first-order chi connectivity index (χ1) is 9.45. The maximum absolute atomic E-state index is 12.9. The zero-order valence-corrected chi connectivity index (χ0v) is 11.6. The summed E-state index contributed by atoms with van der Waals surface area (Å²) in [5.41, 5.74) is 3.41. The minimum atomic E-state index is -3.69. The van der Waals surface area contributed by atoms with Crippen LogP contribution < -0.4 is 15.6 Å². The van der Waals surface area contributed by atoms with Crippen LogP contribution in [0.25, 0.3) is 0 Å². The van der Waals surface area contributed by atoms with Gasteiger partial charge >= 0.3 is 0 Å². The average Bonchev–Trinajstić information content (AvgIpc) is 2.47. The van der Waals surface area contributed by atoms with Crippen molar-refractivity contribution in [2.24, 2.45) is 5.84 Å². The zero-order valence-electron chi connectivity index (χ0n) is 10.7. The molecule has 0 amide bonds. The molecule has 0 aromatic heterocycles. The van der Waals surface area contributed by atoms with Gasteiger partial charge in [-0.2, -0.15) is 0 Å². The molecule has 0 spiro atoms. The van der Waals surface area contributed by atoms with Gasteiger partial charge in [-0.1, -0.05) is 0 Å². The highest BCUT2D eigenvalue weighted by Crippen LogP contribution is 2.23. The monoisotopic (exact) mass is 295 g/mol. The van der Waals surface area contributed by atoms with E-state index >= 15 is 0 Å². The van der Waals surface area contributed by atoms with Crippen molar-refractivity contribution in [3.63, 3.8) is 0 Å². The SMILES string of the molecule is CN(c1ccc(F)cc1)S(=O)(=O)c1ccc(NN)cc1. The van der Waals surface area contributed by atoms with Gasteiger partial charge < -0.3 is 5.43 Å². The van der Waals surface area contributed by atoms with Crippen LogP contribution >= 0.6 is 0 Å². The van der Waals surface area contributed by atoms with Crippen LogP contribution in [-0.4, -0.2) is 15.5 Å². The van der Waals surface area contributed by atoms with Crippen LogP contribution in [0.5, 0.6) is 0 Å². The van der Waals surface area contributed by atoms with E-state index in [-0.39, 0.29) is 4.90 Å². The van der Waals surface area contributed by atoms with Crippen molar-refractivity contribution in [1.29, 1.82) is 0 Å². The summed E-state index contributed by atoms with van der Waals surface area (Å²) in [5.74, 6) is 4.81. The number of rotatable bonds is 4. The molecule has 106 valence electrons. The standard InChI is InChI=1S/C13H14FN3O2S/c1-17(12-6-2-10(14)3-7-12)20(18,19)13-8-4-11(16-15)5-9-13/h2-9,16H,15H2,1H3. The third-order valence-corrected chi connectivity index (χ3v) is 4.67. The van der Waals surface area contributed by atoms with Gasteiger partial charge in [0.05, 0.1) is 10.6 Å². The van der Waals surface area contributed by atoms with E-state index in [1.807, 2.05) is 0 Å². The molecule has 0 saturated carbocycles. The fourth-order valence-corrected chi connectivity index (χ4v) is 2.87. The molecule has 7 heteroatoms. The Kier molecular flexibility index (Phi) is 3.91. The van der Waals surface area contributed by atoms with Crippen LogP contribution in [-0.2, 0) is 10.0 Å². The van der Waals surface area contributed by atoms with Gasteiger partial charge in [-0.05, 0) is 48.5 Å². The summed E-state index contributed by atoms with van der Waals surface area (Å²) in [7, 11) is -2.27. The van der Waals surface area contributed by atoms with Crippen molar-refractivity contribution in [1.82, 2.24) is 0 Å². The van der Waals surface area contributed by atoms with Crippen LogP contribution in [0, 0.1) is 5.82 Å². The predicted molar refractivity (Wildman–Crippen MR) is 76.2 cm³/mol. The molecule has 5 nitrogen and oxygen atoms in total. The lowest BCUT2D eigenvalue weighted by Crippen LogP contribution is -2.26. The fourth-order valence-electron chi connectivity index (χ4n) is 1.67. The first kappa shape index (κ1) is 14.3. The summed E-state index contributed by atoms with van der Waals surface area (Å²) < 4.78 is 38.8. The van der Waals surface area contributed by atoms with Gasteiger partial charge in [0.2, 0.25) is 0 Å². The topological polar surface area (TPSA) is 75.4 Å². The number of hydrogen-bond donors (Lipinski definition) is 2. The van der Waals surface area contributed by atoms with Gasteiger partial charge in [-0.3, -0.25) is 10.1 Å². The molecule has 0 atom stereocenters. The van der Waals surface area contributed by atoms with Crippen LogP contribution in [0.15, 0.2) is 53.4 Å². The normalized spacial score (nSPS) is 11.2. The predicted octanol–water partition coefficient (Wildman–Crippen LogP) is 1.94. The van der Waals surface area contributed by atoms with E-state index in [1.165, 1.54) is 43.4 Å². The molecule has 2 aromatic rings. The maximum Gasteiger partial charge on any atom is 0.264 e. The summed E-state index contributed by atoms with van der Waals surface area (Å²) in [5, 5.41) is 0.